The summed E-state index contributed by atoms with van der Waals surface area (Å²) < 4.78 is 19.0. The summed E-state index contributed by atoms with van der Waals surface area (Å²) in [5, 5.41) is 17.1. The van der Waals surface area contributed by atoms with Gasteiger partial charge in [-0.2, -0.15) is 0 Å². The molecule has 0 aromatic heterocycles. The smallest absolute Gasteiger partial charge is 0.266 e. The first-order valence-electron chi connectivity index (χ1n) is 13.5. The third-order valence-corrected chi connectivity index (χ3v) is 6.38. The van der Waals surface area contributed by atoms with E-state index in [4.69, 9.17) is 4.74 Å². The Morgan fingerprint density at radius 2 is 1.29 bits per heavy atom. The summed E-state index contributed by atoms with van der Waals surface area (Å²) in [6, 6.07) is 20.6. The van der Waals surface area contributed by atoms with Crippen LogP contribution in [0.2, 0.25) is 0 Å². The van der Waals surface area contributed by atoms with Crippen LogP contribution < -0.4 is 21.4 Å². The molecule has 3 rings (SSSR count). The normalized spacial score (nSPS) is 12.8. The summed E-state index contributed by atoms with van der Waals surface area (Å²) in [5.74, 6) is -3.12. The van der Waals surface area contributed by atoms with E-state index in [2.05, 4.69) is 16.0 Å². The van der Waals surface area contributed by atoms with Crippen LogP contribution in [0.15, 0.2) is 84.9 Å². The fourth-order valence-corrected chi connectivity index (χ4v) is 4.21. The molecule has 4 amide bonds. The molecule has 222 valence electrons. The number of nitrogens with one attached hydrogen (secondary N) is 4. The van der Waals surface area contributed by atoms with Gasteiger partial charge in [-0.3, -0.25) is 24.4 Å². The fraction of sp³-hybridized carbons (Fsp3) is 0.290. The van der Waals surface area contributed by atoms with Crippen LogP contribution >= 0.6 is 0 Å². The van der Waals surface area contributed by atoms with Crippen molar-refractivity contribution in [2.24, 2.45) is 0 Å². The Hall–Kier alpha value is -4.61. The molecular weight excluding hydrogens is 543 g/mol. The first kappa shape index (κ1) is 31.9. The number of ether oxygens (including phenoxy) is 1. The molecule has 3 aromatic carbocycles. The molecule has 0 aliphatic heterocycles. The van der Waals surface area contributed by atoms with Crippen LogP contribution in [0.5, 0.6) is 0 Å². The van der Waals surface area contributed by atoms with Gasteiger partial charge in [-0.15, -0.1) is 0 Å². The van der Waals surface area contributed by atoms with Gasteiger partial charge in [0, 0.05) is 13.3 Å². The lowest BCUT2D eigenvalue weighted by Gasteiger charge is -2.25. The molecule has 10 nitrogen and oxygen atoms in total. The first-order valence-corrected chi connectivity index (χ1v) is 13.5. The van der Waals surface area contributed by atoms with Crippen LogP contribution in [0.4, 0.5) is 4.39 Å². The molecule has 0 radical (unpaired) electrons. The highest BCUT2D eigenvalue weighted by atomic mass is 19.1. The van der Waals surface area contributed by atoms with Gasteiger partial charge in [0.2, 0.25) is 17.7 Å². The van der Waals surface area contributed by atoms with Gasteiger partial charge in [-0.25, -0.2) is 9.87 Å². The minimum atomic E-state index is -1.22. The topological polar surface area (TPSA) is 146 Å². The molecule has 0 spiro atoms. The number of hydrogen-bond donors (Lipinski definition) is 5. The van der Waals surface area contributed by atoms with Crippen LogP contribution in [0.1, 0.15) is 30.0 Å². The molecule has 0 fully saturated rings. The maximum atomic E-state index is 13.5. The number of halogens is 1. The van der Waals surface area contributed by atoms with E-state index >= 15 is 0 Å². The standard InChI is InChI=1S/C31H35FN4O6/c1-21(37)33-28(20-42-19-24-10-6-3-7-11-24)30(39)34-26(17-14-22-8-4-2-5-9-22)29(38)35-27(31(40)36-41)18-23-12-15-25(32)16-13-23/h2-13,15-16,26-28,41H,14,17-20H2,1H3,(H,33,37)(H,34,39)(H,35,38)(H,36,40)/t26-,27-,28+/m1/s1. The monoisotopic (exact) mass is 578 g/mol. The predicted molar refractivity (Wildman–Crippen MR) is 152 cm³/mol. The van der Waals surface area contributed by atoms with Crippen LogP contribution in [0, 0.1) is 5.82 Å². The van der Waals surface area contributed by atoms with E-state index in [0.29, 0.717) is 12.0 Å². The summed E-state index contributed by atoms with van der Waals surface area (Å²) in [7, 11) is 0. The van der Waals surface area contributed by atoms with Crippen LogP contribution in [-0.4, -0.2) is 53.6 Å². The highest BCUT2D eigenvalue weighted by Gasteiger charge is 2.29. The number of benzene rings is 3. The van der Waals surface area contributed by atoms with E-state index < -0.39 is 47.6 Å². The zero-order valence-corrected chi connectivity index (χ0v) is 23.2. The van der Waals surface area contributed by atoms with Gasteiger partial charge in [-0.05, 0) is 41.7 Å². The lowest BCUT2D eigenvalue weighted by molar-refractivity contribution is -0.136. The number of hydroxylamine groups is 1. The third kappa shape index (κ3) is 10.8. The van der Waals surface area contributed by atoms with Gasteiger partial charge in [0.05, 0.1) is 13.2 Å². The van der Waals surface area contributed by atoms with Gasteiger partial charge < -0.3 is 20.7 Å². The molecule has 0 aliphatic carbocycles. The van der Waals surface area contributed by atoms with Gasteiger partial charge in [0.15, 0.2) is 0 Å². The van der Waals surface area contributed by atoms with Gasteiger partial charge in [0.1, 0.15) is 23.9 Å². The van der Waals surface area contributed by atoms with Crippen molar-refractivity contribution in [2.75, 3.05) is 6.61 Å². The molecule has 0 unspecified atom stereocenters. The van der Waals surface area contributed by atoms with Crippen LogP contribution in [0.25, 0.3) is 0 Å². The highest BCUT2D eigenvalue weighted by molar-refractivity contribution is 5.94. The van der Waals surface area contributed by atoms with Crippen molar-refractivity contribution in [1.29, 1.82) is 0 Å². The Morgan fingerprint density at radius 3 is 1.88 bits per heavy atom. The molecular formula is C31H35FN4O6. The summed E-state index contributed by atoms with van der Waals surface area (Å²) in [4.78, 5) is 51.0. The molecule has 5 N–H and O–H groups in total. The Balaban J connectivity index is 1.74. The quantitative estimate of drug-likeness (QED) is 0.138. The lowest BCUT2D eigenvalue weighted by Crippen LogP contribution is -2.57. The van der Waals surface area contributed by atoms with Crippen molar-refractivity contribution in [3.63, 3.8) is 0 Å². The molecule has 0 heterocycles. The molecule has 11 heteroatoms. The summed E-state index contributed by atoms with van der Waals surface area (Å²) in [6.07, 6.45) is 0.548. The Kier molecular flexibility index (Phi) is 12.6. The fourth-order valence-electron chi connectivity index (χ4n) is 4.21. The highest BCUT2D eigenvalue weighted by Crippen LogP contribution is 2.10. The molecule has 42 heavy (non-hydrogen) atoms. The van der Waals surface area contributed by atoms with E-state index in [-0.39, 0.29) is 26.1 Å². The van der Waals surface area contributed by atoms with Crippen LogP contribution in [0.3, 0.4) is 0 Å². The molecule has 3 atom stereocenters. The number of rotatable bonds is 15. The van der Waals surface area contributed by atoms with Crippen molar-refractivity contribution in [1.82, 2.24) is 21.4 Å². The van der Waals surface area contributed by atoms with E-state index in [1.165, 1.54) is 36.7 Å². The van der Waals surface area contributed by atoms with E-state index in [0.717, 1.165) is 11.1 Å². The van der Waals surface area contributed by atoms with Crippen molar-refractivity contribution in [2.45, 2.75) is 50.9 Å². The third-order valence-electron chi connectivity index (χ3n) is 6.38. The average Bonchev–Trinajstić information content (AvgIpc) is 2.99. The van der Waals surface area contributed by atoms with Gasteiger partial charge in [0.25, 0.3) is 5.91 Å². The molecule has 0 bridgehead atoms. The maximum Gasteiger partial charge on any atom is 0.266 e. The number of aryl methyl sites for hydroxylation is 1. The van der Waals surface area contributed by atoms with Crippen molar-refractivity contribution >= 4 is 23.6 Å². The molecule has 0 aliphatic rings. The van der Waals surface area contributed by atoms with E-state index in [9.17, 15) is 28.8 Å². The minimum Gasteiger partial charge on any atom is -0.374 e. The van der Waals surface area contributed by atoms with Crippen molar-refractivity contribution < 1.29 is 33.5 Å². The Morgan fingerprint density at radius 1 is 0.714 bits per heavy atom. The predicted octanol–water partition coefficient (Wildman–Crippen LogP) is 2.20. The van der Waals surface area contributed by atoms with E-state index in [1.54, 1.807) is 0 Å². The number of amides is 4. The Labute approximate surface area is 243 Å². The maximum absolute atomic E-state index is 13.5. The van der Waals surface area contributed by atoms with E-state index in [1.807, 2.05) is 60.7 Å². The first-order chi connectivity index (χ1) is 20.2. The molecule has 3 aromatic rings. The van der Waals surface area contributed by atoms with Gasteiger partial charge >= 0.3 is 0 Å². The number of carbonyl (C=O) groups is 4. The second-order valence-corrected chi connectivity index (χ2v) is 9.71. The number of hydrogen-bond acceptors (Lipinski definition) is 6. The largest absolute Gasteiger partial charge is 0.374 e. The lowest BCUT2D eigenvalue weighted by atomic mass is 10.0. The summed E-state index contributed by atoms with van der Waals surface area (Å²) in [5.41, 5.74) is 3.88. The zero-order valence-electron chi connectivity index (χ0n) is 23.2. The molecule has 0 saturated carbocycles. The summed E-state index contributed by atoms with van der Waals surface area (Å²) >= 11 is 0. The average molecular weight is 579 g/mol. The zero-order chi connectivity index (χ0) is 30.3. The SMILES string of the molecule is CC(=O)N[C@@H](COCc1ccccc1)C(=O)N[C@H](CCc1ccccc1)C(=O)N[C@H](Cc1ccc(F)cc1)C(=O)NO. The van der Waals surface area contributed by atoms with Crippen molar-refractivity contribution in [3.8, 4) is 0 Å². The summed E-state index contributed by atoms with van der Waals surface area (Å²) in [6.45, 7) is 1.33. The second-order valence-electron chi connectivity index (χ2n) is 9.71. The van der Waals surface area contributed by atoms with Gasteiger partial charge in [-0.1, -0.05) is 72.8 Å². The minimum absolute atomic E-state index is 0.0421. The van der Waals surface area contributed by atoms with Crippen molar-refractivity contribution in [3.05, 3.63) is 107 Å². The molecule has 0 saturated heterocycles. The van der Waals surface area contributed by atoms with Crippen LogP contribution in [-0.2, 0) is 43.4 Å². The second kappa shape index (κ2) is 16.6. The Bertz CT molecular complexity index is 1310. The number of carbonyl (C=O) groups excluding carboxylic acids is 4.